The minimum Gasteiger partial charge on any atom is -0.481 e. The zero-order chi connectivity index (χ0) is 15.8. The van der Waals surface area contributed by atoms with Crippen LogP contribution in [0.2, 0.25) is 0 Å². The highest BCUT2D eigenvalue weighted by atomic mass is 19.4. The minimum atomic E-state index is -4.54. The maximum absolute atomic E-state index is 13.1. The predicted molar refractivity (Wildman–Crippen MR) is 70.9 cm³/mol. The number of halogens is 3. The second-order valence-corrected chi connectivity index (χ2v) is 5.33. The number of rotatable bonds is 4. The van der Waals surface area contributed by atoms with Crippen molar-refractivity contribution in [1.29, 1.82) is 0 Å². The molecule has 114 valence electrons. The number of hydrogen-bond donors (Lipinski definition) is 1. The van der Waals surface area contributed by atoms with Gasteiger partial charge in [0, 0.05) is 6.54 Å². The standard InChI is InChI=1S/C14H15F3N2O2/c1-8(2)7-19-11-4-3-9(6-12(20)21)5-10(11)18-13(19)14(15,16)17/h3-5,8H,6-7H2,1-2H3,(H,20,21). The number of carbonyl (C=O) groups is 1. The van der Waals surface area contributed by atoms with Crippen LogP contribution in [0.3, 0.4) is 0 Å². The summed E-state index contributed by atoms with van der Waals surface area (Å²) in [6, 6.07) is 4.42. The molecule has 2 aromatic rings. The first-order valence-corrected chi connectivity index (χ1v) is 6.46. The van der Waals surface area contributed by atoms with E-state index < -0.39 is 18.0 Å². The van der Waals surface area contributed by atoms with Crippen LogP contribution >= 0.6 is 0 Å². The van der Waals surface area contributed by atoms with Crippen molar-refractivity contribution >= 4 is 17.0 Å². The fourth-order valence-electron chi connectivity index (χ4n) is 2.23. The molecule has 1 N–H and O–H groups in total. The summed E-state index contributed by atoms with van der Waals surface area (Å²) in [5.74, 6) is -1.95. The molecule has 0 saturated carbocycles. The van der Waals surface area contributed by atoms with E-state index in [1.54, 1.807) is 0 Å². The van der Waals surface area contributed by atoms with E-state index in [9.17, 15) is 18.0 Å². The van der Waals surface area contributed by atoms with Gasteiger partial charge in [-0.2, -0.15) is 13.2 Å². The maximum atomic E-state index is 13.1. The molecule has 0 fully saturated rings. The molecule has 21 heavy (non-hydrogen) atoms. The topological polar surface area (TPSA) is 55.1 Å². The predicted octanol–water partition coefficient (Wildman–Crippen LogP) is 3.34. The molecule has 0 atom stereocenters. The van der Waals surface area contributed by atoms with Gasteiger partial charge in [0.05, 0.1) is 17.5 Å². The zero-order valence-corrected chi connectivity index (χ0v) is 11.6. The first-order chi connectivity index (χ1) is 9.68. The summed E-state index contributed by atoms with van der Waals surface area (Å²) in [5.41, 5.74) is 0.963. The Morgan fingerprint density at radius 3 is 2.57 bits per heavy atom. The third kappa shape index (κ3) is 3.34. The molecule has 4 nitrogen and oxygen atoms in total. The number of aromatic nitrogens is 2. The van der Waals surface area contributed by atoms with Crippen molar-refractivity contribution in [3.63, 3.8) is 0 Å². The van der Waals surface area contributed by atoms with Gasteiger partial charge in [-0.25, -0.2) is 4.98 Å². The highest BCUT2D eigenvalue weighted by molar-refractivity contribution is 5.79. The van der Waals surface area contributed by atoms with E-state index in [4.69, 9.17) is 5.11 Å². The minimum absolute atomic E-state index is 0.0298. The number of nitrogens with zero attached hydrogens (tertiary/aromatic N) is 2. The van der Waals surface area contributed by atoms with Crippen LogP contribution in [-0.2, 0) is 23.9 Å². The van der Waals surface area contributed by atoms with Crippen molar-refractivity contribution in [3.05, 3.63) is 29.6 Å². The van der Waals surface area contributed by atoms with E-state index in [0.717, 1.165) is 4.57 Å². The molecule has 1 heterocycles. The second-order valence-electron chi connectivity index (χ2n) is 5.33. The molecule has 2 rings (SSSR count). The Morgan fingerprint density at radius 1 is 1.38 bits per heavy atom. The smallest absolute Gasteiger partial charge is 0.449 e. The van der Waals surface area contributed by atoms with Gasteiger partial charge in [0.15, 0.2) is 0 Å². The van der Waals surface area contributed by atoms with Gasteiger partial charge < -0.3 is 9.67 Å². The molecule has 0 amide bonds. The summed E-state index contributed by atoms with van der Waals surface area (Å²) < 4.78 is 40.4. The first-order valence-electron chi connectivity index (χ1n) is 6.46. The monoisotopic (exact) mass is 300 g/mol. The van der Waals surface area contributed by atoms with Gasteiger partial charge in [-0.05, 0) is 23.6 Å². The first kappa shape index (κ1) is 15.3. The highest BCUT2D eigenvalue weighted by Crippen LogP contribution is 2.32. The van der Waals surface area contributed by atoms with Crippen molar-refractivity contribution in [2.24, 2.45) is 5.92 Å². The number of imidazole rings is 1. The van der Waals surface area contributed by atoms with Crippen LogP contribution in [0.5, 0.6) is 0 Å². The van der Waals surface area contributed by atoms with Crippen LogP contribution < -0.4 is 0 Å². The summed E-state index contributed by atoms with van der Waals surface area (Å²) in [4.78, 5) is 14.3. The highest BCUT2D eigenvalue weighted by Gasteiger charge is 2.37. The fourth-order valence-corrected chi connectivity index (χ4v) is 2.23. The number of carboxylic acid groups (broad SMARTS) is 1. The molecular formula is C14H15F3N2O2. The Hall–Kier alpha value is -2.05. The van der Waals surface area contributed by atoms with Crippen LogP contribution in [0.15, 0.2) is 18.2 Å². The Kier molecular flexibility index (Phi) is 3.93. The van der Waals surface area contributed by atoms with Crippen LogP contribution in [0, 0.1) is 5.92 Å². The van der Waals surface area contributed by atoms with Crippen LogP contribution in [-0.4, -0.2) is 20.6 Å². The molecule has 0 bridgehead atoms. The van der Waals surface area contributed by atoms with Crippen LogP contribution in [0.1, 0.15) is 25.2 Å². The molecule has 7 heteroatoms. The normalized spacial score (nSPS) is 12.3. The maximum Gasteiger partial charge on any atom is 0.449 e. The lowest BCUT2D eigenvalue weighted by Gasteiger charge is -2.13. The summed E-state index contributed by atoms with van der Waals surface area (Å²) in [6.07, 6.45) is -4.78. The molecule has 0 radical (unpaired) electrons. The summed E-state index contributed by atoms with van der Waals surface area (Å²) in [7, 11) is 0. The fraction of sp³-hybridized carbons (Fsp3) is 0.429. The SMILES string of the molecule is CC(C)Cn1c(C(F)(F)F)nc2cc(CC(=O)O)ccc21. The van der Waals surface area contributed by atoms with Crippen molar-refractivity contribution in [3.8, 4) is 0 Å². The lowest BCUT2D eigenvalue weighted by Crippen LogP contribution is -2.17. The lowest BCUT2D eigenvalue weighted by atomic mass is 10.1. The Balaban J connectivity index is 2.58. The van der Waals surface area contributed by atoms with Crippen molar-refractivity contribution < 1.29 is 23.1 Å². The van der Waals surface area contributed by atoms with Gasteiger partial charge in [-0.1, -0.05) is 19.9 Å². The van der Waals surface area contributed by atoms with E-state index in [0.29, 0.717) is 11.1 Å². The van der Waals surface area contributed by atoms with Crippen LogP contribution in [0.4, 0.5) is 13.2 Å². The summed E-state index contributed by atoms with van der Waals surface area (Å²) in [6.45, 7) is 3.85. The summed E-state index contributed by atoms with van der Waals surface area (Å²) in [5, 5.41) is 8.74. The average molecular weight is 300 g/mol. The number of fused-ring (bicyclic) bond motifs is 1. The Bertz CT molecular complexity index is 675. The van der Waals surface area contributed by atoms with Crippen molar-refractivity contribution in [1.82, 2.24) is 9.55 Å². The molecule has 1 aromatic carbocycles. The third-order valence-corrected chi connectivity index (χ3v) is 2.97. The second kappa shape index (κ2) is 5.38. The number of alkyl halides is 3. The van der Waals surface area contributed by atoms with Gasteiger partial charge in [-0.15, -0.1) is 0 Å². The molecule has 0 unspecified atom stereocenters. The average Bonchev–Trinajstić information content (AvgIpc) is 2.65. The van der Waals surface area contributed by atoms with E-state index in [-0.39, 0.29) is 24.4 Å². The molecule has 0 spiro atoms. The van der Waals surface area contributed by atoms with Crippen molar-refractivity contribution in [2.45, 2.75) is 33.0 Å². The lowest BCUT2D eigenvalue weighted by molar-refractivity contribution is -0.147. The van der Waals surface area contributed by atoms with Crippen LogP contribution in [0.25, 0.3) is 11.0 Å². The Morgan fingerprint density at radius 2 is 2.05 bits per heavy atom. The van der Waals surface area contributed by atoms with Crippen molar-refractivity contribution in [2.75, 3.05) is 0 Å². The molecule has 0 aliphatic rings. The van der Waals surface area contributed by atoms with Gasteiger partial charge in [0.25, 0.3) is 0 Å². The molecule has 0 aliphatic heterocycles. The van der Waals surface area contributed by atoms with E-state index in [1.165, 1.54) is 18.2 Å². The number of hydrogen-bond acceptors (Lipinski definition) is 2. The van der Waals surface area contributed by atoms with Gasteiger partial charge in [-0.3, -0.25) is 4.79 Å². The quantitative estimate of drug-likeness (QED) is 0.942. The van der Waals surface area contributed by atoms with E-state index in [2.05, 4.69) is 4.98 Å². The molecule has 0 aliphatic carbocycles. The molecular weight excluding hydrogens is 285 g/mol. The number of carboxylic acids is 1. The van der Waals surface area contributed by atoms with Gasteiger partial charge in [0.1, 0.15) is 0 Å². The Labute approximate surface area is 119 Å². The third-order valence-electron chi connectivity index (χ3n) is 2.97. The van der Waals surface area contributed by atoms with Gasteiger partial charge in [0.2, 0.25) is 5.82 Å². The number of aliphatic carboxylic acids is 1. The van der Waals surface area contributed by atoms with E-state index >= 15 is 0 Å². The molecule has 1 aromatic heterocycles. The largest absolute Gasteiger partial charge is 0.481 e. The van der Waals surface area contributed by atoms with Gasteiger partial charge >= 0.3 is 12.1 Å². The number of benzene rings is 1. The zero-order valence-electron chi connectivity index (χ0n) is 11.6. The molecule has 0 saturated heterocycles. The summed E-state index contributed by atoms with van der Waals surface area (Å²) >= 11 is 0. The van der Waals surface area contributed by atoms with E-state index in [1.807, 2.05) is 13.8 Å².